The molecule has 1 atom stereocenters. The van der Waals surface area contributed by atoms with Crippen molar-refractivity contribution in [2.45, 2.75) is 64.6 Å². The second kappa shape index (κ2) is 9.57. The first kappa shape index (κ1) is 22.6. The Labute approximate surface area is 200 Å². The van der Waals surface area contributed by atoms with Gasteiger partial charge in [-0.15, -0.1) is 0 Å². The molecular formula is C27H34N4O3. The van der Waals surface area contributed by atoms with Crippen LogP contribution in [0.3, 0.4) is 0 Å². The number of furan rings is 1. The zero-order valence-electron chi connectivity index (χ0n) is 20.1. The van der Waals surface area contributed by atoms with E-state index in [1.165, 1.54) is 24.8 Å². The lowest BCUT2D eigenvalue weighted by molar-refractivity contribution is 0.0565. The summed E-state index contributed by atoms with van der Waals surface area (Å²) in [4.78, 5) is 30.3. The van der Waals surface area contributed by atoms with Gasteiger partial charge in [0.2, 0.25) is 5.71 Å². The maximum absolute atomic E-state index is 13.6. The van der Waals surface area contributed by atoms with Gasteiger partial charge in [-0.2, -0.15) is 0 Å². The Morgan fingerprint density at radius 2 is 1.91 bits per heavy atom. The zero-order chi connectivity index (χ0) is 23.7. The average Bonchev–Trinajstić information content (AvgIpc) is 3.42. The van der Waals surface area contributed by atoms with E-state index >= 15 is 0 Å². The van der Waals surface area contributed by atoms with Crippen molar-refractivity contribution in [3.05, 3.63) is 59.5 Å². The minimum atomic E-state index is -0.0375. The Hall–Kier alpha value is -3.22. The molecule has 7 heteroatoms. The van der Waals surface area contributed by atoms with Crippen LogP contribution in [0.25, 0.3) is 11.1 Å². The molecule has 5 rings (SSSR count). The summed E-state index contributed by atoms with van der Waals surface area (Å²) in [5.74, 6) is -0.0155. The topological polar surface area (TPSA) is 70.7 Å². The molecule has 1 saturated heterocycles. The van der Waals surface area contributed by atoms with E-state index in [1.54, 1.807) is 6.26 Å². The lowest BCUT2D eigenvalue weighted by Crippen LogP contribution is -2.58. The Morgan fingerprint density at radius 3 is 2.68 bits per heavy atom. The van der Waals surface area contributed by atoms with Crippen LogP contribution in [0.4, 0.5) is 4.79 Å². The maximum Gasteiger partial charge on any atom is 0.317 e. The van der Waals surface area contributed by atoms with Crippen molar-refractivity contribution in [3.8, 4) is 0 Å². The van der Waals surface area contributed by atoms with Gasteiger partial charge in [0, 0.05) is 37.1 Å². The molecule has 180 valence electrons. The average molecular weight is 463 g/mol. The second-order valence-electron chi connectivity index (χ2n) is 9.86. The predicted octanol–water partition coefficient (Wildman–Crippen LogP) is 4.78. The largest absolute Gasteiger partial charge is 0.448 e. The lowest BCUT2D eigenvalue weighted by atomic mass is 9.96. The number of hydrogen-bond acceptors (Lipinski definition) is 3. The number of fused-ring (bicyclic) bond motifs is 1. The van der Waals surface area contributed by atoms with Crippen molar-refractivity contribution in [1.29, 1.82) is 0 Å². The first-order chi connectivity index (χ1) is 16.5. The fourth-order valence-corrected chi connectivity index (χ4v) is 5.41. The van der Waals surface area contributed by atoms with Crippen LogP contribution in [0.1, 0.15) is 60.6 Å². The van der Waals surface area contributed by atoms with Crippen LogP contribution in [-0.4, -0.2) is 58.0 Å². The third-order valence-electron chi connectivity index (χ3n) is 7.25. The van der Waals surface area contributed by atoms with Gasteiger partial charge in [-0.3, -0.25) is 4.79 Å². The molecule has 2 aliphatic rings. The van der Waals surface area contributed by atoms with Crippen molar-refractivity contribution in [3.63, 3.8) is 0 Å². The number of urea groups is 1. The van der Waals surface area contributed by atoms with E-state index in [4.69, 9.17) is 4.42 Å². The molecule has 3 amide bonds. The predicted molar refractivity (Wildman–Crippen MR) is 132 cm³/mol. The summed E-state index contributed by atoms with van der Waals surface area (Å²) in [5.41, 5.74) is 3.65. The monoisotopic (exact) mass is 462 g/mol. The smallest absolute Gasteiger partial charge is 0.317 e. The highest BCUT2D eigenvalue weighted by atomic mass is 16.3. The summed E-state index contributed by atoms with van der Waals surface area (Å²) in [7, 11) is 0. The van der Waals surface area contributed by atoms with Gasteiger partial charge in [0.25, 0.3) is 5.91 Å². The van der Waals surface area contributed by atoms with E-state index in [0.29, 0.717) is 37.6 Å². The lowest BCUT2D eigenvalue weighted by Gasteiger charge is -2.40. The van der Waals surface area contributed by atoms with Crippen LogP contribution in [0.15, 0.2) is 47.1 Å². The van der Waals surface area contributed by atoms with Gasteiger partial charge in [-0.1, -0.05) is 49.1 Å². The minimum Gasteiger partial charge on any atom is -0.448 e. The summed E-state index contributed by atoms with van der Waals surface area (Å²) < 4.78 is 7.71. The molecule has 0 bridgehead atoms. The van der Waals surface area contributed by atoms with E-state index in [2.05, 4.69) is 30.4 Å². The number of rotatable bonds is 4. The van der Waals surface area contributed by atoms with Crippen LogP contribution >= 0.6 is 0 Å². The highest BCUT2D eigenvalue weighted by molar-refractivity contribution is 5.98. The standard InChI is InChI=1S/C27H34N4O3/c1-19-7-6-8-21(15-19)18-31-24(16-22-11-14-34-26(22)31)25(32)29-12-13-30(20(2)17-29)27(33)28-23-9-4-3-5-10-23/h6-8,11,14-16,20,23H,3-5,9-10,12-13,17-18H2,1-2H3,(H,28,33). The molecule has 1 aliphatic carbocycles. The Morgan fingerprint density at radius 1 is 1.09 bits per heavy atom. The molecule has 2 aromatic heterocycles. The van der Waals surface area contributed by atoms with E-state index in [9.17, 15) is 9.59 Å². The molecule has 3 heterocycles. The Balaban J connectivity index is 1.30. The molecular weight excluding hydrogens is 428 g/mol. The summed E-state index contributed by atoms with van der Waals surface area (Å²) in [6.07, 6.45) is 7.44. The number of piperazine rings is 1. The number of nitrogens with one attached hydrogen (secondary N) is 1. The zero-order valence-corrected chi connectivity index (χ0v) is 20.1. The highest BCUT2D eigenvalue weighted by Crippen LogP contribution is 2.25. The first-order valence-electron chi connectivity index (χ1n) is 12.5. The molecule has 2 fully saturated rings. The van der Waals surface area contributed by atoms with Gasteiger partial charge < -0.3 is 24.1 Å². The van der Waals surface area contributed by atoms with Crippen LogP contribution in [0.5, 0.6) is 0 Å². The molecule has 7 nitrogen and oxygen atoms in total. The molecule has 1 unspecified atom stereocenters. The molecule has 3 aromatic rings. The van der Waals surface area contributed by atoms with Gasteiger partial charge in [0.15, 0.2) is 0 Å². The van der Waals surface area contributed by atoms with E-state index in [0.717, 1.165) is 23.8 Å². The van der Waals surface area contributed by atoms with Gasteiger partial charge in [-0.25, -0.2) is 4.79 Å². The summed E-state index contributed by atoms with van der Waals surface area (Å²) in [6, 6.07) is 12.4. The van der Waals surface area contributed by atoms with Crippen LogP contribution in [0, 0.1) is 6.92 Å². The van der Waals surface area contributed by atoms with Crippen molar-refractivity contribution in [2.75, 3.05) is 19.6 Å². The number of carbonyl (C=O) groups excluding carboxylic acids is 2. The minimum absolute atomic E-state index is 0.00633. The number of benzene rings is 1. The Bertz CT molecular complexity index is 1170. The van der Waals surface area contributed by atoms with Crippen LogP contribution in [-0.2, 0) is 6.54 Å². The quantitative estimate of drug-likeness (QED) is 0.607. The SMILES string of the molecule is Cc1cccc(Cn2c(C(=O)N3CCN(C(=O)NC4CCCCC4)C(C)C3)cc3ccoc32)c1. The molecule has 34 heavy (non-hydrogen) atoms. The molecule has 1 N–H and O–H groups in total. The Kier molecular flexibility index (Phi) is 6.35. The molecule has 0 radical (unpaired) electrons. The van der Waals surface area contributed by atoms with Crippen molar-refractivity contribution in [2.24, 2.45) is 0 Å². The number of aromatic nitrogens is 1. The van der Waals surface area contributed by atoms with Gasteiger partial charge >= 0.3 is 6.03 Å². The van der Waals surface area contributed by atoms with Gasteiger partial charge in [0.05, 0.1) is 12.8 Å². The fourth-order valence-electron chi connectivity index (χ4n) is 5.41. The van der Waals surface area contributed by atoms with E-state index in [1.807, 2.05) is 39.5 Å². The molecule has 1 aliphatic heterocycles. The third-order valence-corrected chi connectivity index (χ3v) is 7.25. The molecule has 0 spiro atoms. The van der Waals surface area contributed by atoms with Crippen LogP contribution < -0.4 is 5.32 Å². The van der Waals surface area contributed by atoms with Crippen molar-refractivity contribution in [1.82, 2.24) is 19.7 Å². The highest BCUT2D eigenvalue weighted by Gasteiger charge is 2.32. The maximum atomic E-state index is 13.6. The first-order valence-corrected chi connectivity index (χ1v) is 12.5. The normalized spacial score (nSPS) is 19.5. The van der Waals surface area contributed by atoms with E-state index in [-0.39, 0.29) is 24.0 Å². The fraction of sp³-hybridized carbons (Fsp3) is 0.481. The van der Waals surface area contributed by atoms with Crippen molar-refractivity contribution >= 4 is 23.0 Å². The second-order valence-corrected chi connectivity index (χ2v) is 9.86. The van der Waals surface area contributed by atoms with Gasteiger partial charge in [-0.05, 0) is 44.4 Å². The third kappa shape index (κ3) is 4.56. The molecule has 1 aromatic carbocycles. The number of amides is 3. The van der Waals surface area contributed by atoms with Crippen LogP contribution in [0.2, 0.25) is 0 Å². The van der Waals surface area contributed by atoms with E-state index < -0.39 is 0 Å². The molecule has 1 saturated carbocycles. The number of carbonyl (C=O) groups is 2. The summed E-state index contributed by atoms with van der Waals surface area (Å²) >= 11 is 0. The number of nitrogens with zero attached hydrogens (tertiary/aromatic N) is 3. The van der Waals surface area contributed by atoms with Crippen molar-refractivity contribution < 1.29 is 14.0 Å². The number of aryl methyl sites for hydroxylation is 1. The number of hydrogen-bond donors (Lipinski definition) is 1. The van der Waals surface area contributed by atoms with Gasteiger partial charge in [0.1, 0.15) is 5.69 Å². The summed E-state index contributed by atoms with van der Waals surface area (Å²) in [5, 5.41) is 4.14. The summed E-state index contributed by atoms with van der Waals surface area (Å²) in [6.45, 7) is 6.25.